The molecule has 0 saturated heterocycles. The second-order valence-electron chi connectivity index (χ2n) is 3.99. The lowest BCUT2D eigenvalue weighted by Gasteiger charge is -2.11. The molecule has 2 rings (SSSR count). The lowest BCUT2D eigenvalue weighted by molar-refractivity contribution is 0.0908. The fraction of sp³-hybridized carbons (Fsp3) is 0.167. The maximum absolute atomic E-state index is 11.7. The van der Waals surface area contributed by atoms with Crippen molar-refractivity contribution in [3.8, 4) is 0 Å². The van der Waals surface area contributed by atoms with Gasteiger partial charge < -0.3 is 20.4 Å². The minimum Gasteiger partial charge on any atom is -0.385 e. The molecule has 0 aliphatic carbocycles. The van der Waals surface area contributed by atoms with Crippen molar-refractivity contribution in [2.75, 3.05) is 6.54 Å². The number of pyridine rings is 1. The number of rotatable bonds is 4. The second kappa shape index (κ2) is 5.93. The zero-order valence-corrected chi connectivity index (χ0v) is 10.3. The standard InChI is InChI=1S/C12H12N4O4/c17-9(7-2-1-3-10(18)16-7)5-15-12(20)8-4-14-11(19)6-13-8/h1-4,6,9,17H,5H2,(H,14,19)(H,15,20)(H,16,18). The van der Waals surface area contributed by atoms with E-state index in [0.717, 1.165) is 6.20 Å². The van der Waals surface area contributed by atoms with E-state index in [1.165, 1.54) is 24.4 Å². The summed E-state index contributed by atoms with van der Waals surface area (Å²) >= 11 is 0. The first-order valence-electron chi connectivity index (χ1n) is 5.76. The zero-order valence-electron chi connectivity index (χ0n) is 10.3. The highest BCUT2D eigenvalue weighted by molar-refractivity contribution is 5.91. The Labute approximate surface area is 112 Å². The molecule has 2 aromatic heterocycles. The van der Waals surface area contributed by atoms with Crippen LogP contribution in [-0.4, -0.2) is 32.5 Å². The Kier molecular flexibility index (Phi) is 4.06. The van der Waals surface area contributed by atoms with Gasteiger partial charge in [0.2, 0.25) is 5.56 Å². The normalized spacial score (nSPS) is 11.8. The van der Waals surface area contributed by atoms with E-state index in [0.29, 0.717) is 5.69 Å². The molecule has 1 atom stereocenters. The molecule has 8 nitrogen and oxygen atoms in total. The Morgan fingerprint density at radius 1 is 1.35 bits per heavy atom. The molecule has 0 aliphatic rings. The molecule has 0 fully saturated rings. The summed E-state index contributed by atoms with van der Waals surface area (Å²) in [6, 6.07) is 4.36. The van der Waals surface area contributed by atoms with Gasteiger partial charge in [-0.05, 0) is 6.07 Å². The Morgan fingerprint density at radius 2 is 2.15 bits per heavy atom. The number of hydrogen-bond donors (Lipinski definition) is 4. The van der Waals surface area contributed by atoms with Gasteiger partial charge in [-0.2, -0.15) is 0 Å². The maximum atomic E-state index is 11.7. The minimum atomic E-state index is -1.05. The lowest BCUT2D eigenvalue weighted by Crippen LogP contribution is -2.30. The van der Waals surface area contributed by atoms with E-state index >= 15 is 0 Å². The molecule has 0 aromatic carbocycles. The van der Waals surface area contributed by atoms with Gasteiger partial charge in [0.1, 0.15) is 11.8 Å². The molecule has 4 N–H and O–H groups in total. The van der Waals surface area contributed by atoms with Crippen molar-refractivity contribution in [3.05, 3.63) is 62.7 Å². The van der Waals surface area contributed by atoms with Crippen LogP contribution in [0.15, 0.2) is 40.2 Å². The number of aromatic amines is 2. The number of amides is 1. The van der Waals surface area contributed by atoms with Gasteiger partial charge in [-0.1, -0.05) is 6.07 Å². The average Bonchev–Trinajstić information content (AvgIpc) is 2.45. The molecule has 2 heterocycles. The summed E-state index contributed by atoms with van der Waals surface area (Å²) in [6.07, 6.45) is 1.12. The van der Waals surface area contributed by atoms with Crippen LogP contribution in [-0.2, 0) is 0 Å². The molecular formula is C12H12N4O4. The number of nitrogens with one attached hydrogen (secondary N) is 3. The maximum Gasteiger partial charge on any atom is 0.271 e. The summed E-state index contributed by atoms with van der Waals surface area (Å²) in [5, 5.41) is 12.3. The lowest BCUT2D eigenvalue weighted by atomic mass is 10.2. The highest BCUT2D eigenvalue weighted by Gasteiger charge is 2.12. The smallest absolute Gasteiger partial charge is 0.271 e. The molecule has 8 heteroatoms. The minimum absolute atomic E-state index is 0.0263. The molecule has 2 aromatic rings. The highest BCUT2D eigenvalue weighted by atomic mass is 16.3. The van der Waals surface area contributed by atoms with E-state index in [2.05, 4.69) is 20.3 Å². The van der Waals surface area contributed by atoms with Crippen LogP contribution in [0.2, 0.25) is 0 Å². The van der Waals surface area contributed by atoms with Crippen LogP contribution in [0, 0.1) is 0 Å². The largest absolute Gasteiger partial charge is 0.385 e. The first-order chi connectivity index (χ1) is 9.56. The van der Waals surface area contributed by atoms with Gasteiger partial charge in [-0.25, -0.2) is 4.98 Å². The van der Waals surface area contributed by atoms with Crippen LogP contribution in [0.3, 0.4) is 0 Å². The van der Waals surface area contributed by atoms with Crippen LogP contribution < -0.4 is 16.4 Å². The number of aliphatic hydroxyl groups is 1. The number of carbonyl (C=O) groups excluding carboxylic acids is 1. The van der Waals surface area contributed by atoms with Gasteiger partial charge in [0.05, 0.1) is 6.20 Å². The molecule has 0 saturated carbocycles. The number of nitrogens with zero attached hydrogens (tertiary/aromatic N) is 1. The molecule has 0 radical (unpaired) electrons. The molecule has 0 bridgehead atoms. The van der Waals surface area contributed by atoms with Crippen molar-refractivity contribution < 1.29 is 9.90 Å². The SMILES string of the molecule is O=C(NCC(O)c1cccc(=O)[nH]1)c1c[nH]c(=O)cn1. The van der Waals surface area contributed by atoms with Crippen molar-refractivity contribution in [1.82, 2.24) is 20.3 Å². The second-order valence-corrected chi connectivity index (χ2v) is 3.99. The van der Waals surface area contributed by atoms with Gasteiger partial charge in [-0.15, -0.1) is 0 Å². The number of aromatic nitrogens is 3. The van der Waals surface area contributed by atoms with Crippen molar-refractivity contribution >= 4 is 5.91 Å². The van der Waals surface area contributed by atoms with Crippen LogP contribution in [0.25, 0.3) is 0 Å². The first-order valence-corrected chi connectivity index (χ1v) is 5.76. The van der Waals surface area contributed by atoms with Gasteiger partial charge >= 0.3 is 0 Å². The molecular weight excluding hydrogens is 264 g/mol. The molecule has 20 heavy (non-hydrogen) atoms. The van der Waals surface area contributed by atoms with Gasteiger partial charge in [0.25, 0.3) is 11.5 Å². The molecule has 0 spiro atoms. The summed E-state index contributed by atoms with van der Waals surface area (Å²) in [7, 11) is 0. The topological polar surface area (TPSA) is 128 Å². The Hall–Kier alpha value is -2.74. The Balaban J connectivity index is 1.98. The summed E-state index contributed by atoms with van der Waals surface area (Å²) in [6.45, 7) is -0.0976. The molecule has 104 valence electrons. The number of aliphatic hydroxyl groups excluding tert-OH is 1. The third-order valence-corrected chi connectivity index (χ3v) is 2.51. The van der Waals surface area contributed by atoms with Gasteiger partial charge in [0.15, 0.2) is 0 Å². The summed E-state index contributed by atoms with van der Waals surface area (Å²) < 4.78 is 0. The summed E-state index contributed by atoms with van der Waals surface area (Å²) in [4.78, 5) is 42.0. The van der Waals surface area contributed by atoms with Crippen LogP contribution >= 0.6 is 0 Å². The molecule has 0 aliphatic heterocycles. The van der Waals surface area contributed by atoms with E-state index in [-0.39, 0.29) is 17.8 Å². The third kappa shape index (κ3) is 3.39. The molecule has 1 amide bonds. The Morgan fingerprint density at radius 3 is 2.80 bits per heavy atom. The number of carbonyl (C=O) groups is 1. The van der Waals surface area contributed by atoms with E-state index in [9.17, 15) is 19.5 Å². The summed E-state index contributed by atoms with van der Waals surface area (Å²) in [5.41, 5.74) is -0.427. The van der Waals surface area contributed by atoms with Crippen molar-refractivity contribution in [3.63, 3.8) is 0 Å². The van der Waals surface area contributed by atoms with Crippen molar-refractivity contribution in [2.24, 2.45) is 0 Å². The fourth-order valence-electron chi connectivity index (χ4n) is 1.52. The quantitative estimate of drug-likeness (QED) is 0.565. The third-order valence-electron chi connectivity index (χ3n) is 2.51. The van der Waals surface area contributed by atoms with E-state index in [1.54, 1.807) is 0 Å². The summed E-state index contributed by atoms with van der Waals surface area (Å²) in [5.74, 6) is -0.543. The van der Waals surface area contributed by atoms with Crippen LogP contribution in [0.5, 0.6) is 0 Å². The van der Waals surface area contributed by atoms with Crippen molar-refractivity contribution in [1.29, 1.82) is 0 Å². The number of hydrogen-bond acceptors (Lipinski definition) is 5. The predicted molar refractivity (Wildman–Crippen MR) is 69.2 cm³/mol. The van der Waals surface area contributed by atoms with E-state index in [1.807, 2.05) is 0 Å². The highest BCUT2D eigenvalue weighted by Crippen LogP contribution is 2.05. The monoisotopic (exact) mass is 276 g/mol. The Bertz CT molecular complexity index is 701. The van der Waals surface area contributed by atoms with E-state index in [4.69, 9.17) is 0 Å². The van der Waals surface area contributed by atoms with Crippen LogP contribution in [0.4, 0.5) is 0 Å². The number of H-pyrrole nitrogens is 2. The first kappa shape index (κ1) is 13.7. The zero-order chi connectivity index (χ0) is 14.5. The van der Waals surface area contributed by atoms with Crippen molar-refractivity contribution in [2.45, 2.75) is 6.10 Å². The average molecular weight is 276 g/mol. The van der Waals surface area contributed by atoms with Crippen LogP contribution in [0.1, 0.15) is 22.3 Å². The predicted octanol–water partition coefficient (Wildman–Crippen LogP) is -1.08. The van der Waals surface area contributed by atoms with Gasteiger partial charge in [0, 0.05) is 24.5 Å². The molecule has 1 unspecified atom stereocenters. The fourth-order valence-corrected chi connectivity index (χ4v) is 1.52. The van der Waals surface area contributed by atoms with Gasteiger partial charge in [-0.3, -0.25) is 14.4 Å². The van der Waals surface area contributed by atoms with E-state index < -0.39 is 17.6 Å².